The normalized spacial score (nSPS) is 15.6. The van der Waals surface area contributed by atoms with Crippen molar-refractivity contribution in [1.29, 1.82) is 0 Å². The fraction of sp³-hybridized carbons (Fsp3) is 0.364. The van der Waals surface area contributed by atoms with Crippen LogP contribution >= 0.6 is 0 Å². The highest BCUT2D eigenvalue weighted by Gasteiger charge is 2.16. The first-order valence-electron chi connectivity index (χ1n) is 9.60. The first-order valence-corrected chi connectivity index (χ1v) is 11.3. The molecular weight excluding hydrogens is 356 g/mol. The smallest absolute Gasteiger partial charge is 0.178 e. The van der Waals surface area contributed by atoms with Gasteiger partial charge in [-0.2, -0.15) is 0 Å². The molecule has 0 N–H and O–H groups in total. The Labute approximate surface area is 161 Å². The van der Waals surface area contributed by atoms with Crippen molar-refractivity contribution in [3.05, 3.63) is 65.9 Å². The summed E-state index contributed by atoms with van der Waals surface area (Å²) < 4.78 is 27.3. The minimum absolute atomic E-state index is 0.135. The van der Waals surface area contributed by atoms with Crippen LogP contribution < -0.4 is 0 Å². The Morgan fingerprint density at radius 2 is 1.70 bits per heavy atom. The van der Waals surface area contributed by atoms with Crippen molar-refractivity contribution in [2.24, 2.45) is 7.05 Å². The lowest BCUT2D eigenvalue weighted by atomic mass is 10.1. The molecule has 142 valence electrons. The molecule has 0 radical (unpaired) electrons. The Morgan fingerprint density at radius 3 is 2.44 bits per heavy atom. The number of sulfone groups is 1. The summed E-state index contributed by atoms with van der Waals surface area (Å²) in [4.78, 5) is 2.90. The van der Waals surface area contributed by atoms with Crippen LogP contribution in [0.1, 0.15) is 24.1 Å². The average Bonchev–Trinajstić information content (AvgIpc) is 3.29. The number of aryl methyl sites for hydroxylation is 2. The molecule has 4 nitrogen and oxygen atoms in total. The Bertz CT molecular complexity index is 1030. The van der Waals surface area contributed by atoms with Crippen LogP contribution in [-0.4, -0.2) is 36.7 Å². The quantitative estimate of drug-likeness (QED) is 0.651. The van der Waals surface area contributed by atoms with Gasteiger partial charge in [0.1, 0.15) is 0 Å². The predicted octanol–water partition coefficient (Wildman–Crippen LogP) is 3.79. The molecule has 2 aromatic carbocycles. The number of fused-ring (bicyclic) bond motifs is 1. The summed E-state index contributed by atoms with van der Waals surface area (Å²) in [5, 5.41) is 1.20. The molecule has 1 aromatic heterocycles. The highest BCUT2D eigenvalue weighted by molar-refractivity contribution is 7.91. The minimum Gasteiger partial charge on any atom is -0.346 e. The number of benzene rings is 2. The topological polar surface area (TPSA) is 42.3 Å². The van der Waals surface area contributed by atoms with Gasteiger partial charge < -0.3 is 4.57 Å². The Morgan fingerprint density at radius 1 is 0.963 bits per heavy atom. The number of likely N-dealkylation sites (tertiary alicyclic amines) is 1. The van der Waals surface area contributed by atoms with Crippen molar-refractivity contribution in [2.75, 3.05) is 18.8 Å². The van der Waals surface area contributed by atoms with Gasteiger partial charge in [-0.1, -0.05) is 24.3 Å². The molecule has 1 saturated heterocycles. The van der Waals surface area contributed by atoms with Crippen LogP contribution in [0, 0.1) is 0 Å². The Hall–Kier alpha value is -2.11. The molecule has 0 amide bonds. The number of aromatic nitrogens is 1. The molecule has 5 heteroatoms. The number of hydrogen-bond acceptors (Lipinski definition) is 3. The van der Waals surface area contributed by atoms with E-state index in [1.165, 1.54) is 42.5 Å². The minimum atomic E-state index is -3.24. The first-order chi connectivity index (χ1) is 13.0. The van der Waals surface area contributed by atoms with E-state index in [-0.39, 0.29) is 5.75 Å². The molecule has 0 atom stereocenters. The highest BCUT2D eigenvalue weighted by atomic mass is 32.2. The van der Waals surface area contributed by atoms with E-state index in [1.807, 2.05) is 6.07 Å². The molecule has 0 bridgehead atoms. The van der Waals surface area contributed by atoms with E-state index >= 15 is 0 Å². The largest absolute Gasteiger partial charge is 0.346 e. The van der Waals surface area contributed by atoms with Crippen LogP contribution in [0.2, 0.25) is 0 Å². The maximum Gasteiger partial charge on any atom is 0.178 e. The van der Waals surface area contributed by atoms with Crippen LogP contribution in [0.15, 0.2) is 59.5 Å². The fourth-order valence-corrected chi connectivity index (χ4v) is 5.24. The Kier molecular flexibility index (Phi) is 5.06. The molecule has 1 fully saturated rings. The predicted molar refractivity (Wildman–Crippen MR) is 110 cm³/mol. The Balaban J connectivity index is 1.51. The highest BCUT2D eigenvalue weighted by Crippen LogP contribution is 2.23. The van der Waals surface area contributed by atoms with Gasteiger partial charge in [0.05, 0.1) is 10.6 Å². The SMILES string of the molecule is Cn1c(CN2CCCC2)cc2cc(CCS(=O)(=O)c3ccccc3)ccc21. The van der Waals surface area contributed by atoms with Gasteiger partial charge in [0.15, 0.2) is 9.84 Å². The summed E-state index contributed by atoms with van der Waals surface area (Å²) in [5.41, 5.74) is 3.60. The third-order valence-corrected chi connectivity index (χ3v) is 7.28. The van der Waals surface area contributed by atoms with E-state index in [1.54, 1.807) is 24.3 Å². The van der Waals surface area contributed by atoms with Crippen LogP contribution in [0.4, 0.5) is 0 Å². The van der Waals surface area contributed by atoms with Crippen LogP contribution in [0.25, 0.3) is 10.9 Å². The van der Waals surface area contributed by atoms with Gasteiger partial charge in [0, 0.05) is 30.2 Å². The van der Waals surface area contributed by atoms with Crippen LogP contribution in [-0.2, 0) is 29.9 Å². The summed E-state index contributed by atoms with van der Waals surface area (Å²) in [5.74, 6) is 0.135. The molecular formula is C22H26N2O2S. The molecule has 27 heavy (non-hydrogen) atoms. The third kappa shape index (κ3) is 3.94. The van der Waals surface area contributed by atoms with Gasteiger partial charge in [-0.05, 0) is 68.2 Å². The molecule has 4 rings (SSSR count). The van der Waals surface area contributed by atoms with Crippen LogP contribution in [0.3, 0.4) is 0 Å². The van der Waals surface area contributed by atoms with E-state index in [2.05, 4.69) is 40.8 Å². The molecule has 0 saturated carbocycles. The second kappa shape index (κ2) is 7.49. The van der Waals surface area contributed by atoms with Crippen molar-refractivity contribution in [2.45, 2.75) is 30.7 Å². The second-order valence-electron chi connectivity index (χ2n) is 7.45. The van der Waals surface area contributed by atoms with E-state index in [0.717, 1.165) is 12.1 Å². The summed E-state index contributed by atoms with van der Waals surface area (Å²) in [7, 11) is -1.12. The molecule has 2 heterocycles. The van der Waals surface area contributed by atoms with Crippen molar-refractivity contribution >= 4 is 20.7 Å². The van der Waals surface area contributed by atoms with Crippen molar-refractivity contribution in [3.63, 3.8) is 0 Å². The molecule has 0 spiro atoms. The monoisotopic (exact) mass is 382 g/mol. The first kappa shape index (κ1) is 18.3. The summed E-state index contributed by atoms with van der Waals surface area (Å²) in [6, 6.07) is 17.3. The summed E-state index contributed by atoms with van der Waals surface area (Å²) >= 11 is 0. The average molecular weight is 383 g/mol. The fourth-order valence-electron chi connectivity index (χ4n) is 3.93. The maximum absolute atomic E-state index is 12.5. The lowest BCUT2D eigenvalue weighted by molar-refractivity contribution is 0.324. The molecule has 1 aliphatic rings. The second-order valence-corrected chi connectivity index (χ2v) is 9.56. The molecule has 0 aliphatic carbocycles. The van der Waals surface area contributed by atoms with Crippen molar-refractivity contribution < 1.29 is 8.42 Å². The third-order valence-electron chi connectivity index (χ3n) is 5.55. The molecule has 0 unspecified atom stereocenters. The summed E-state index contributed by atoms with van der Waals surface area (Å²) in [6.45, 7) is 3.36. The van der Waals surface area contributed by atoms with Gasteiger partial charge in [0.2, 0.25) is 0 Å². The zero-order chi connectivity index (χ0) is 18.9. The summed E-state index contributed by atoms with van der Waals surface area (Å²) in [6.07, 6.45) is 3.12. The number of nitrogens with zero attached hydrogens (tertiary/aromatic N) is 2. The lowest BCUT2D eigenvalue weighted by Crippen LogP contribution is -2.19. The van der Waals surface area contributed by atoms with Gasteiger partial charge in [-0.15, -0.1) is 0 Å². The zero-order valence-corrected chi connectivity index (χ0v) is 16.6. The van der Waals surface area contributed by atoms with E-state index in [4.69, 9.17) is 0 Å². The van der Waals surface area contributed by atoms with Gasteiger partial charge in [0.25, 0.3) is 0 Å². The van der Waals surface area contributed by atoms with E-state index in [0.29, 0.717) is 11.3 Å². The number of hydrogen-bond donors (Lipinski definition) is 0. The van der Waals surface area contributed by atoms with Crippen molar-refractivity contribution in [1.82, 2.24) is 9.47 Å². The van der Waals surface area contributed by atoms with Crippen molar-refractivity contribution in [3.8, 4) is 0 Å². The van der Waals surface area contributed by atoms with E-state index in [9.17, 15) is 8.42 Å². The van der Waals surface area contributed by atoms with Gasteiger partial charge >= 0.3 is 0 Å². The standard InChI is InChI=1S/C22H26N2O2S/c1-23-20(17-24-12-5-6-13-24)16-19-15-18(9-10-22(19)23)11-14-27(25,26)21-7-3-2-4-8-21/h2-4,7-10,15-16H,5-6,11-14,17H2,1H3. The van der Waals surface area contributed by atoms with Crippen LogP contribution in [0.5, 0.6) is 0 Å². The van der Waals surface area contributed by atoms with Gasteiger partial charge in [-0.3, -0.25) is 4.90 Å². The molecule has 3 aromatic rings. The van der Waals surface area contributed by atoms with E-state index < -0.39 is 9.84 Å². The van der Waals surface area contributed by atoms with Gasteiger partial charge in [-0.25, -0.2) is 8.42 Å². The lowest BCUT2D eigenvalue weighted by Gasteiger charge is -2.15. The number of rotatable bonds is 6. The zero-order valence-electron chi connectivity index (χ0n) is 15.8. The maximum atomic E-state index is 12.5. The molecule has 1 aliphatic heterocycles.